The van der Waals surface area contributed by atoms with Crippen LogP contribution in [0.5, 0.6) is 0 Å². The van der Waals surface area contributed by atoms with Crippen LogP contribution in [0.3, 0.4) is 0 Å². The molecular weight excluding hydrogens is 353 g/mol. The molecule has 0 bridgehead atoms. The lowest BCUT2D eigenvalue weighted by atomic mass is 10.2. The fourth-order valence-corrected chi connectivity index (χ4v) is 1.98. The molecule has 0 amide bonds. The van der Waals surface area contributed by atoms with Gasteiger partial charge >= 0.3 is 5.97 Å². The number of nitrogens with zero attached hydrogens (tertiary/aromatic N) is 2. The van der Waals surface area contributed by atoms with E-state index in [9.17, 15) is 23.7 Å². The zero-order chi connectivity index (χ0) is 13.2. The first kappa shape index (κ1) is 13.7. The van der Waals surface area contributed by atoms with Crippen LogP contribution in [0, 0.1) is 13.7 Å². The van der Waals surface area contributed by atoms with Crippen LogP contribution in [-0.2, 0) is 11.2 Å². The van der Waals surface area contributed by atoms with Gasteiger partial charge in [0.2, 0.25) is 0 Å². The summed E-state index contributed by atoms with van der Waals surface area (Å²) in [6, 6.07) is 0. The van der Waals surface area contributed by atoms with Crippen LogP contribution in [0.2, 0.25) is 0 Å². The second kappa shape index (κ2) is 5.29. The van der Waals surface area contributed by atoms with Crippen molar-refractivity contribution in [3.05, 3.63) is 31.1 Å². The Morgan fingerprint density at radius 1 is 1.65 bits per heavy atom. The largest absolute Gasteiger partial charge is 0.481 e. The van der Waals surface area contributed by atoms with Crippen molar-refractivity contribution in [1.29, 1.82) is 0 Å². The van der Waals surface area contributed by atoms with Gasteiger partial charge in [0.05, 0.1) is 17.0 Å². The topological polar surface area (TPSA) is 93.3 Å². The van der Waals surface area contributed by atoms with Gasteiger partial charge in [-0.25, -0.2) is 8.78 Å². The molecular formula is C8H5F2IN2O4. The van der Waals surface area contributed by atoms with Gasteiger partial charge in [-0.15, -0.1) is 0 Å². The molecule has 0 aliphatic rings. The zero-order valence-electron chi connectivity index (χ0n) is 8.06. The summed E-state index contributed by atoms with van der Waals surface area (Å²) < 4.78 is 24.8. The SMILES string of the molecule is O=C(O)Cc1ncc(C(F)F)c([N+](=O)[O-])c1I. The van der Waals surface area contributed by atoms with Crippen LogP contribution in [0.25, 0.3) is 0 Å². The van der Waals surface area contributed by atoms with Crippen molar-refractivity contribution in [1.82, 2.24) is 4.98 Å². The number of carbonyl (C=O) groups is 1. The molecule has 0 radical (unpaired) electrons. The molecule has 1 heterocycles. The minimum absolute atomic E-state index is 0.103. The van der Waals surface area contributed by atoms with Crippen molar-refractivity contribution >= 4 is 34.2 Å². The van der Waals surface area contributed by atoms with Gasteiger partial charge in [-0.3, -0.25) is 19.9 Å². The average molecular weight is 358 g/mol. The fourth-order valence-electron chi connectivity index (χ4n) is 1.14. The second-order valence-corrected chi connectivity index (χ2v) is 4.03. The molecule has 1 N–H and O–H groups in total. The van der Waals surface area contributed by atoms with Crippen LogP contribution in [0.15, 0.2) is 6.20 Å². The van der Waals surface area contributed by atoms with E-state index in [-0.39, 0.29) is 9.26 Å². The molecule has 0 aromatic carbocycles. The summed E-state index contributed by atoms with van der Waals surface area (Å²) in [5.41, 5.74) is -1.70. The highest BCUT2D eigenvalue weighted by molar-refractivity contribution is 14.1. The predicted octanol–water partition coefficient (Wildman–Crippen LogP) is 2.16. The van der Waals surface area contributed by atoms with E-state index in [1.807, 2.05) is 0 Å². The number of aliphatic carboxylic acids is 1. The van der Waals surface area contributed by atoms with E-state index < -0.39 is 35.0 Å². The molecule has 92 valence electrons. The molecule has 0 saturated heterocycles. The number of aromatic nitrogens is 1. The third kappa shape index (κ3) is 3.05. The third-order valence-corrected chi connectivity index (χ3v) is 2.96. The minimum atomic E-state index is -3.03. The van der Waals surface area contributed by atoms with Crippen LogP contribution >= 0.6 is 22.6 Å². The number of carboxylic acid groups (broad SMARTS) is 1. The maximum Gasteiger partial charge on any atom is 0.309 e. The van der Waals surface area contributed by atoms with Gasteiger partial charge in [-0.1, -0.05) is 0 Å². The summed E-state index contributed by atoms with van der Waals surface area (Å²) in [4.78, 5) is 23.7. The van der Waals surface area contributed by atoms with Crippen molar-refractivity contribution < 1.29 is 23.6 Å². The fraction of sp³-hybridized carbons (Fsp3) is 0.250. The Bertz CT molecular complexity index is 481. The number of pyridine rings is 1. The summed E-state index contributed by atoms with van der Waals surface area (Å²) in [7, 11) is 0. The highest BCUT2D eigenvalue weighted by Gasteiger charge is 2.28. The number of nitro groups is 1. The normalized spacial score (nSPS) is 10.6. The number of alkyl halides is 2. The first-order chi connectivity index (χ1) is 7.84. The predicted molar refractivity (Wildman–Crippen MR) is 59.9 cm³/mol. The van der Waals surface area contributed by atoms with Crippen molar-refractivity contribution in [3.8, 4) is 0 Å². The Morgan fingerprint density at radius 2 is 2.24 bits per heavy atom. The van der Waals surface area contributed by atoms with Gasteiger partial charge in [-0.05, 0) is 22.6 Å². The van der Waals surface area contributed by atoms with Gasteiger partial charge in [0.1, 0.15) is 9.13 Å². The van der Waals surface area contributed by atoms with E-state index in [0.29, 0.717) is 6.20 Å². The monoisotopic (exact) mass is 358 g/mol. The first-order valence-electron chi connectivity index (χ1n) is 4.16. The molecule has 0 saturated carbocycles. The number of hydrogen-bond acceptors (Lipinski definition) is 4. The van der Waals surface area contributed by atoms with Crippen LogP contribution in [-0.4, -0.2) is 21.0 Å². The van der Waals surface area contributed by atoms with Gasteiger partial charge in [0.25, 0.3) is 12.1 Å². The van der Waals surface area contributed by atoms with Gasteiger partial charge < -0.3 is 5.11 Å². The van der Waals surface area contributed by atoms with E-state index in [0.717, 1.165) is 0 Å². The summed E-state index contributed by atoms with van der Waals surface area (Å²) >= 11 is 1.45. The lowest BCUT2D eigenvalue weighted by molar-refractivity contribution is -0.387. The van der Waals surface area contributed by atoms with Crippen LogP contribution in [0.1, 0.15) is 17.7 Å². The summed E-state index contributed by atoms with van der Waals surface area (Å²) in [6.45, 7) is 0. The van der Waals surface area contributed by atoms with Crippen molar-refractivity contribution in [2.45, 2.75) is 12.8 Å². The lowest BCUT2D eigenvalue weighted by Gasteiger charge is -2.06. The molecule has 9 heteroatoms. The highest BCUT2D eigenvalue weighted by atomic mass is 127. The number of carboxylic acids is 1. The van der Waals surface area contributed by atoms with Crippen LogP contribution in [0.4, 0.5) is 14.5 Å². The smallest absolute Gasteiger partial charge is 0.309 e. The second-order valence-electron chi connectivity index (χ2n) is 2.95. The lowest BCUT2D eigenvalue weighted by Crippen LogP contribution is -2.09. The van der Waals surface area contributed by atoms with Crippen molar-refractivity contribution in [2.24, 2.45) is 0 Å². The molecule has 0 aliphatic carbocycles. The maximum absolute atomic E-state index is 12.5. The Balaban J connectivity index is 3.38. The number of hydrogen-bond donors (Lipinski definition) is 1. The van der Waals surface area contributed by atoms with Crippen molar-refractivity contribution in [2.75, 3.05) is 0 Å². The zero-order valence-corrected chi connectivity index (χ0v) is 10.2. The molecule has 0 aliphatic heterocycles. The summed E-state index contributed by atoms with van der Waals surface area (Å²) in [6.07, 6.45) is -2.94. The standard InChI is InChI=1S/C8H5F2IN2O4/c9-8(10)3-2-12-4(1-5(14)15)6(11)7(3)13(16)17/h2,8H,1H2,(H,14,15). The Labute approximate surface area is 107 Å². The molecule has 0 atom stereocenters. The van der Waals surface area contributed by atoms with E-state index in [1.165, 1.54) is 22.6 Å². The van der Waals surface area contributed by atoms with Crippen molar-refractivity contribution in [3.63, 3.8) is 0 Å². The van der Waals surface area contributed by atoms with E-state index in [4.69, 9.17) is 5.11 Å². The highest BCUT2D eigenvalue weighted by Crippen LogP contribution is 2.33. The van der Waals surface area contributed by atoms with Crippen LogP contribution < -0.4 is 0 Å². The Hall–Kier alpha value is -1.39. The number of rotatable bonds is 4. The molecule has 1 aromatic rings. The van der Waals surface area contributed by atoms with Gasteiger partial charge in [-0.2, -0.15) is 0 Å². The summed E-state index contributed by atoms with van der Waals surface area (Å²) in [5.74, 6) is -1.24. The van der Waals surface area contributed by atoms with E-state index in [2.05, 4.69) is 4.98 Å². The Morgan fingerprint density at radius 3 is 2.65 bits per heavy atom. The minimum Gasteiger partial charge on any atom is -0.481 e. The maximum atomic E-state index is 12.5. The average Bonchev–Trinajstić information content (AvgIpc) is 2.19. The third-order valence-electron chi connectivity index (χ3n) is 1.83. The summed E-state index contributed by atoms with van der Waals surface area (Å²) in [5, 5.41) is 19.2. The molecule has 17 heavy (non-hydrogen) atoms. The first-order valence-corrected chi connectivity index (χ1v) is 5.24. The molecule has 1 aromatic heterocycles. The molecule has 0 unspecified atom stereocenters. The molecule has 1 rings (SSSR count). The van der Waals surface area contributed by atoms with Gasteiger partial charge in [0.15, 0.2) is 0 Å². The Kier molecular flexibility index (Phi) is 4.26. The van der Waals surface area contributed by atoms with E-state index >= 15 is 0 Å². The molecule has 0 spiro atoms. The molecule has 6 nitrogen and oxygen atoms in total. The van der Waals surface area contributed by atoms with E-state index in [1.54, 1.807) is 0 Å². The van der Waals surface area contributed by atoms with Gasteiger partial charge in [0, 0.05) is 6.20 Å². The number of halogens is 3. The molecule has 0 fully saturated rings. The quantitative estimate of drug-likeness (QED) is 0.506.